The molecule has 3 nitrogen and oxygen atoms in total. The van der Waals surface area contributed by atoms with Gasteiger partial charge in [-0.05, 0) is 24.2 Å². The molecule has 1 atom stereocenters. The number of hydrogen-bond acceptors (Lipinski definition) is 3. The molecule has 1 fully saturated rings. The minimum Gasteiger partial charge on any atom is -0.301 e. The summed E-state index contributed by atoms with van der Waals surface area (Å²) >= 11 is 0. The molecule has 0 saturated carbocycles. The average molecular weight is 325 g/mol. The highest BCUT2D eigenvalue weighted by Gasteiger charge is 2.16. The van der Waals surface area contributed by atoms with E-state index >= 15 is 0 Å². The molecule has 1 unspecified atom stereocenters. The van der Waals surface area contributed by atoms with E-state index in [0.29, 0.717) is 0 Å². The van der Waals surface area contributed by atoms with Crippen LogP contribution in [-0.2, 0) is 17.3 Å². The van der Waals surface area contributed by atoms with Gasteiger partial charge in [-0.2, -0.15) is 0 Å². The molecule has 1 aromatic rings. The van der Waals surface area contributed by atoms with Crippen LogP contribution in [0, 0.1) is 0 Å². The zero-order valence-corrected chi connectivity index (χ0v) is 15.7. The molecule has 0 bridgehead atoms. The highest BCUT2D eigenvalue weighted by molar-refractivity contribution is 7.85. The minimum absolute atomic E-state index is 0.179. The summed E-state index contributed by atoms with van der Waals surface area (Å²) in [5.41, 5.74) is 1.28. The van der Waals surface area contributed by atoms with Crippen LogP contribution in [0.15, 0.2) is 29.2 Å². The lowest BCUT2D eigenvalue weighted by atomic mass is 10.2. The lowest BCUT2D eigenvalue weighted by Gasteiger charge is -2.34. The van der Waals surface area contributed by atoms with Crippen LogP contribution in [-0.4, -0.2) is 52.0 Å². The van der Waals surface area contributed by atoms with Gasteiger partial charge in [0.2, 0.25) is 0 Å². The summed E-state index contributed by atoms with van der Waals surface area (Å²) in [6, 6.07) is 8.28. The van der Waals surface area contributed by atoms with Crippen LogP contribution in [0.1, 0.15) is 40.2 Å². The van der Waals surface area contributed by atoms with Crippen molar-refractivity contribution in [1.82, 2.24) is 9.80 Å². The van der Waals surface area contributed by atoms with Gasteiger partial charge in [0.15, 0.2) is 0 Å². The van der Waals surface area contributed by atoms with Gasteiger partial charge in [0.25, 0.3) is 0 Å². The van der Waals surface area contributed by atoms with Crippen LogP contribution < -0.4 is 0 Å². The Morgan fingerprint density at radius 2 is 1.68 bits per heavy atom. The van der Waals surface area contributed by atoms with Crippen LogP contribution in [0.4, 0.5) is 0 Å². The van der Waals surface area contributed by atoms with Crippen molar-refractivity contribution in [2.24, 2.45) is 0 Å². The van der Waals surface area contributed by atoms with Crippen LogP contribution in [0.2, 0.25) is 0 Å². The quantitative estimate of drug-likeness (QED) is 0.830. The van der Waals surface area contributed by atoms with E-state index in [4.69, 9.17) is 0 Å². The molecule has 1 heterocycles. The first kappa shape index (κ1) is 19.3. The number of rotatable bonds is 5. The van der Waals surface area contributed by atoms with Gasteiger partial charge >= 0.3 is 0 Å². The van der Waals surface area contributed by atoms with E-state index in [9.17, 15) is 4.21 Å². The monoisotopic (exact) mass is 324 g/mol. The van der Waals surface area contributed by atoms with Gasteiger partial charge < -0.3 is 4.90 Å². The first-order chi connectivity index (χ1) is 10.6. The van der Waals surface area contributed by atoms with Gasteiger partial charge in [0.1, 0.15) is 0 Å². The van der Waals surface area contributed by atoms with E-state index in [1.165, 1.54) is 5.56 Å². The standard InChI is InChI=1S/C16H26N2OS.C2H6/c1-4-17-8-10-18(11-9-17)13-15-6-5-7-16(12-15)20(19)14(2)3;1-2/h5-7,12,14H,4,8-11,13H2,1-3H3;1-2H3. The SMILES string of the molecule is CC.CCN1CCN(Cc2cccc(S(=O)C(C)C)c2)CC1. The van der Waals surface area contributed by atoms with Crippen molar-refractivity contribution in [2.45, 2.75) is 51.3 Å². The Balaban J connectivity index is 0.00000116. The number of hydrogen-bond donors (Lipinski definition) is 0. The first-order valence-electron chi connectivity index (χ1n) is 8.54. The van der Waals surface area contributed by atoms with E-state index < -0.39 is 10.8 Å². The van der Waals surface area contributed by atoms with Crippen molar-refractivity contribution in [1.29, 1.82) is 0 Å². The summed E-state index contributed by atoms with van der Waals surface area (Å²) in [6.07, 6.45) is 0. The maximum absolute atomic E-state index is 12.2. The zero-order chi connectivity index (χ0) is 16.5. The topological polar surface area (TPSA) is 23.6 Å². The van der Waals surface area contributed by atoms with Crippen molar-refractivity contribution < 1.29 is 4.21 Å². The summed E-state index contributed by atoms with van der Waals surface area (Å²) in [4.78, 5) is 5.94. The third-order valence-electron chi connectivity index (χ3n) is 3.88. The van der Waals surface area contributed by atoms with Crippen LogP contribution >= 0.6 is 0 Å². The summed E-state index contributed by atoms with van der Waals surface area (Å²) < 4.78 is 12.2. The predicted octanol–water partition coefficient (Wildman–Crippen LogP) is 3.37. The molecule has 4 heteroatoms. The van der Waals surface area contributed by atoms with Gasteiger partial charge in [0, 0.05) is 42.9 Å². The van der Waals surface area contributed by atoms with Crippen molar-refractivity contribution in [3.05, 3.63) is 29.8 Å². The fourth-order valence-corrected chi connectivity index (χ4v) is 3.59. The minimum atomic E-state index is -0.886. The molecule has 0 spiro atoms. The van der Waals surface area contributed by atoms with Gasteiger partial charge in [-0.25, -0.2) is 0 Å². The number of likely N-dealkylation sites (N-methyl/N-ethyl adjacent to an activating group) is 1. The predicted molar refractivity (Wildman–Crippen MR) is 96.7 cm³/mol. The van der Waals surface area contributed by atoms with Crippen molar-refractivity contribution in [3.8, 4) is 0 Å². The van der Waals surface area contributed by atoms with E-state index in [1.807, 2.05) is 39.8 Å². The summed E-state index contributed by atoms with van der Waals surface area (Å²) in [6.45, 7) is 16.9. The second-order valence-corrected chi connectivity index (χ2v) is 7.71. The van der Waals surface area contributed by atoms with E-state index in [0.717, 1.165) is 44.2 Å². The van der Waals surface area contributed by atoms with Crippen LogP contribution in [0.3, 0.4) is 0 Å². The molecule has 0 aromatic heterocycles. The molecule has 1 saturated heterocycles. The van der Waals surface area contributed by atoms with Gasteiger partial charge in [0.05, 0.1) is 10.8 Å². The average Bonchev–Trinajstić information content (AvgIpc) is 2.57. The van der Waals surface area contributed by atoms with E-state index in [1.54, 1.807) is 0 Å². The molecule has 1 aromatic carbocycles. The Bertz CT molecular complexity index is 454. The molecule has 2 rings (SSSR count). The number of nitrogens with zero attached hydrogens (tertiary/aromatic N) is 2. The van der Waals surface area contributed by atoms with Gasteiger partial charge in [-0.15, -0.1) is 0 Å². The summed E-state index contributed by atoms with van der Waals surface area (Å²) in [7, 11) is -0.886. The molecule has 1 aliphatic heterocycles. The normalized spacial score (nSPS) is 17.9. The second kappa shape index (κ2) is 10.1. The Labute approximate surface area is 139 Å². The Morgan fingerprint density at radius 3 is 2.23 bits per heavy atom. The Hall–Kier alpha value is -0.710. The Morgan fingerprint density at radius 1 is 1.09 bits per heavy atom. The molecule has 0 aliphatic carbocycles. The number of piperazine rings is 1. The first-order valence-corrected chi connectivity index (χ1v) is 9.75. The van der Waals surface area contributed by atoms with Gasteiger partial charge in [-0.3, -0.25) is 9.11 Å². The van der Waals surface area contributed by atoms with E-state index in [2.05, 4.69) is 28.9 Å². The number of benzene rings is 1. The highest BCUT2D eigenvalue weighted by Crippen LogP contribution is 2.15. The molecule has 22 heavy (non-hydrogen) atoms. The maximum Gasteiger partial charge on any atom is 0.0555 e. The van der Waals surface area contributed by atoms with Crippen molar-refractivity contribution in [2.75, 3.05) is 32.7 Å². The highest BCUT2D eigenvalue weighted by atomic mass is 32.2. The molecular weight excluding hydrogens is 292 g/mol. The van der Waals surface area contributed by atoms with Gasteiger partial charge in [-0.1, -0.05) is 46.8 Å². The fourth-order valence-electron chi connectivity index (χ4n) is 2.56. The molecule has 0 N–H and O–H groups in total. The molecule has 126 valence electrons. The molecular formula is C18H32N2OS. The lowest BCUT2D eigenvalue weighted by Crippen LogP contribution is -2.45. The molecule has 0 amide bonds. The van der Waals surface area contributed by atoms with Crippen molar-refractivity contribution in [3.63, 3.8) is 0 Å². The summed E-state index contributed by atoms with van der Waals surface area (Å²) in [5.74, 6) is 0. The fraction of sp³-hybridized carbons (Fsp3) is 0.667. The Kier molecular flexibility index (Phi) is 8.91. The van der Waals surface area contributed by atoms with Crippen LogP contribution in [0.25, 0.3) is 0 Å². The largest absolute Gasteiger partial charge is 0.301 e. The van der Waals surface area contributed by atoms with E-state index in [-0.39, 0.29) is 5.25 Å². The summed E-state index contributed by atoms with van der Waals surface area (Å²) in [5, 5.41) is 0.179. The molecule has 1 aliphatic rings. The van der Waals surface area contributed by atoms with Crippen molar-refractivity contribution >= 4 is 10.8 Å². The second-order valence-electron chi connectivity index (χ2n) is 5.70. The van der Waals surface area contributed by atoms with Crippen LogP contribution in [0.5, 0.6) is 0 Å². The zero-order valence-electron chi connectivity index (χ0n) is 14.8. The third kappa shape index (κ3) is 5.82. The third-order valence-corrected chi connectivity index (χ3v) is 5.45. The lowest BCUT2D eigenvalue weighted by molar-refractivity contribution is 0.132. The smallest absolute Gasteiger partial charge is 0.0555 e. The maximum atomic E-state index is 12.2. The molecule has 0 radical (unpaired) electrons.